The summed E-state index contributed by atoms with van der Waals surface area (Å²) in [5.41, 5.74) is 0.431. The topological polar surface area (TPSA) is 21.3 Å². The molecule has 1 aliphatic heterocycles. The van der Waals surface area contributed by atoms with Crippen molar-refractivity contribution in [2.75, 3.05) is 6.61 Å². The number of hydrogen-bond donors (Lipinski definition) is 1. The van der Waals surface area contributed by atoms with Gasteiger partial charge in [0, 0.05) is 18.7 Å². The Morgan fingerprint density at radius 1 is 1.05 bits per heavy atom. The summed E-state index contributed by atoms with van der Waals surface area (Å²) in [6, 6.07) is 1.39. The predicted octanol–water partition coefficient (Wildman–Crippen LogP) is 4.38. The molecular weight excluding hydrogens is 246 g/mol. The van der Waals surface area contributed by atoms with E-state index in [1.807, 2.05) is 0 Å². The third kappa shape index (κ3) is 4.21. The van der Waals surface area contributed by atoms with Gasteiger partial charge in [0.05, 0.1) is 6.10 Å². The van der Waals surface area contributed by atoms with E-state index in [9.17, 15) is 0 Å². The molecule has 2 heteroatoms. The molecule has 0 aromatic rings. The molecule has 2 fully saturated rings. The second kappa shape index (κ2) is 6.79. The molecule has 0 radical (unpaired) electrons. The average molecular weight is 281 g/mol. The van der Waals surface area contributed by atoms with E-state index in [0.29, 0.717) is 23.5 Å². The van der Waals surface area contributed by atoms with E-state index in [-0.39, 0.29) is 0 Å². The fourth-order valence-electron chi connectivity index (χ4n) is 4.11. The largest absolute Gasteiger partial charge is 0.378 e. The van der Waals surface area contributed by atoms with Gasteiger partial charge in [0.15, 0.2) is 0 Å². The monoisotopic (exact) mass is 281 g/mol. The van der Waals surface area contributed by atoms with Crippen LogP contribution < -0.4 is 5.32 Å². The normalized spacial score (nSPS) is 36.3. The zero-order chi connectivity index (χ0) is 14.8. The van der Waals surface area contributed by atoms with Gasteiger partial charge in [0.1, 0.15) is 0 Å². The van der Waals surface area contributed by atoms with Crippen molar-refractivity contribution in [1.29, 1.82) is 0 Å². The molecule has 4 atom stereocenters. The molecule has 1 heterocycles. The van der Waals surface area contributed by atoms with Gasteiger partial charge >= 0.3 is 0 Å². The van der Waals surface area contributed by atoms with Crippen LogP contribution in [0.2, 0.25) is 0 Å². The summed E-state index contributed by atoms with van der Waals surface area (Å²) in [6.07, 6.45) is 8.44. The van der Waals surface area contributed by atoms with Gasteiger partial charge in [-0.05, 0) is 42.9 Å². The van der Waals surface area contributed by atoms with Crippen molar-refractivity contribution >= 4 is 0 Å². The molecule has 1 N–H and O–H groups in total. The van der Waals surface area contributed by atoms with E-state index < -0.39 is 0 Å². The van der Waals surface area contributed by atoms with E-state index in [2.05, 4.69) is 39.9 Å². The van der Waals surface area contributed by atoms with Gasteiger partial charge < -0.3 is 10.1 Å². The zero-order valence-electron chi connectivity index (χ0n) is 14.2. The lowest BCUT2D eigenvalue weighted by atomic mass is 9.69. The van der Waals surface area contributed by atoms with Crippen molar-refractivity contribution in [2.45, 2.75) is 91.3 Å². The molecule has 2 aliphatic rings. The van der Waals surface area contributed by atoms with Crippen molar-refractivity contribution in [3.63, 3.8) is 0 Å². The Hall–Kier alpha value is -0.0800. The van der Waals surface area contributed by atoms with Crippen LogP contribution in [0, 0.1) is 17.3 Å². The Morgan fingerprint density at radius 2 is 1.75 bits per heavy atom. The van der Waals surface area contributed by atoms with Crippen molar-refractivity contribution in [3.05, 3.63) is 0 Å². The molecular formula is C18H35NO. The van der Waals surface area contributed by atoms with Gasteiger partial charge in [0.2, 0.25) is 0 Å². The van der Waals surface area contributed by atoms with Crippen LogP contribution >= 0.6 is 0 Å². The van der Waals surface area contributed by atoms with E-state index in [1.165, 1.54) is 38.5 Å². The molecule has 0 bridgehead atoms. The lowest BCUT2D eigenvalue weighted by molar-refractivity contribution is -0.0297. The highest BCUT2D eigenvalue weighted by atomic mass is 16.5. The third-order valence-electron chi connectivity index (χ3n) is 5.39. The fraction of sp³-hybridized carbons (Fsp3) is 1.00. The van der Waals surface area contributed by atoms with Crippen LogP contribution in [-0.2, 0) is 4.74 Å². The quantitative estimate of drug-likeness (QED) is 0.828. The van der Waals surface area contributed by atoms with Gasteiger partial charge in [0.25, 0.3) is 0 Å². The fourth-order valence-corrected chi connectivity index (χ4v) is 4.11. The highest BCUT2D eigenvalue weighted by molar-refractivity contribution is 4.91. The number of ether oxygens (including phenoxy) is 1. The summed E-state index contributed by atoms with van der Waals surface area (Å²) in [5.74, 6) is 1.47. The van der Waals surface area contributed by atoms with Crippen LogP contribution in [0.25, 0.3) is 0 Å². The summed E-state index contributed by atoms with van der Waals surface area (Å²) in [4.78, 5) is 0. The Balaban J connectivity index is 1.93. The summed E-state index contributed by atoms with van der Waals surface area (Å²) < 4.78 is 5.91. The van der Waals surface area contributed by atoms with Crippen LogP contribution in [0.1, 0.15) is 73.1 Å². The second-order valence-corrected chi connectivity index (χ2v) is 8.40. The van der Waals surface area contributed by atoms with Crippen molar-refractivity contribution in [2.24, 2.45) is 17.3 Å². The van der Waals surface area contributed by atoms with E-state index in [0.717, 1.165) is 18.6 Å². The van der Waals surface area contributed by atoms with Crippen LogP contribution in [0.5, 0.6) is 0 Å². The Labute approximate surface area is 126 Å². The maximum atomic E-state index is 5.91. The molecule has 4 unspecified atom stereocenters. The minimum absolute atomic E-state index is 0.431. The molecule has 0 aromatic heterocycles. The second-order valence-electron chi connectivity index (χ2n) is 8.40. The van der Waals surface area contributed by atoms with Gasteiger partial charge in [-0.1, -0.05) is 47.5 Å². The molecule has 1 saturated heterocycles. The first kappa shape index (κ1) is 16.3. The summed E-state index contributed by atoms with van der Waals surface area (Å²) in [7, 11) is 0. The Kier molecular flexibility index (Phi) is 5.53. The first-order valence-corrected chi connectivity index (χ1v) is 8.75. The van der Waals surface area contributed by atoms with Crippen LogP contribution in [0.3, 0.4) is 0 Å². The molecule has 118 valence electrons. The number of hydrogen-bond acceptors (Lipinski definition) is 2. The predicted molar refractivity (Wildman–Crippen MR) is 85.9 cm³/mol. The van der Waals surface area contributed by atoms with Gasteiger partial charge in [-0.2, -0.15) is 0 Å². The van der Waals surface area contributed by atoms with Crippen molar-refractivity contribution in [3.8, 4) is 0 Å². The first-order valence-electron chi connectivity index (χ1n) is 8.75. The molecule has 0 spiro atoms. The molecule has 2 nitrogen and oxygen atoms in total. The summed E-state index contributed by atoms with van der Waals surface area (Å²) >= 11 is 0. The lowest BCUT2D eigenvalue weighted by Crippen LogP contribution is -2.51. The maximum Gasteiger partial charge on any atom is 0.0612 e. The minimum atomic E-state index is 0.431. The molecule has 20 heavy (non-hydrogen) atoms. The van der Waals surface area contributed by atoms with Crippen LogP contribution in [-0.4, -0.2) is 24.8 Å². The average Bonchev–Trinajstić information content (AvgIpc) is 2.38. The molecule has 1 aliphatic carbocycles. The molecule has 2 rings (SSSR count). The smallest absolute Gasteiger partial charge is 0.0612 e. The molecule has 1 saturated carbocycles. The van der Waals surface area contributed by atoms with E-state index in [1.54, 1.807) is 0 Å². The van der Waals surface area contributed by atoms with E-state index >= 15 is 0 Å². The summed E-state index contributed by atoms with van der Waals surface area (Å²) in [5, 5.41) is 4.02. The van der Waals surface area contributed by atoms with Gasteiger partial charge in [-0.15, -0.1) is 0 Å². The van der Waals surface area contributed by atoms with Gasteiger partial charge in [-0.3, -0.25) is 0 Å². The van der Waals surface area contributed by atoms with Crippen molar-refractivity contribution < 1.29 is 4.74 Å². The van der Waals surface area contributed by atoms with Crippen LogP contribution in [0.15, 0.2) is 0 Å². The highest BCUT2D eigenvalue weighted by Crippen LogP contribution is 2.38. The lowest BCUT2D eigenvalue weighted by Gasteiger charge is -2.44. The van der Waals surface area contributed by atoms with Crippen molar-refractivity contribution in [1.82, 2.24) is 5.32 Å². The summed E-state index contributed by atoms with van der Waals surface area (Å²) in [6.45, 7) is 12.8. The number of nitrogens with one attached hydrogen (secondary N) is 1. The molecule has 0 amide bonds. The number of rotatable bonds is 3. The maximum absolute atomic E-state index is 5.91. The van der Waals surface area contributed by atoms with E-state index in [4.69, 9.17) is 4.74 Å². The Bertz CT molecular complexity index is 294. The zero-order valence-corrected chi connectivity index (χ0v) is 14.2. The third-order valence-corrected chi connectivity index (χ3v) is 5.39. The minimum Gasteiger partial charge on any atom is -0.378 e. The molecule has 0 aromatic carbocycles. The Morgan fingerprint density at radius 3 is 2.40 bits per heavy atom. The standard InChI is InChI=1S/C18H35NO/c1-13(2)17-12-14(10-11-20-17)19-16-9-7-6-8-15(16)18(3,4)5/h13-17,19H,6-12H2,1-5H3. The highest BCUT2D eigenvalue weighted by Gasteiger charge is 2.36. The SMILES string of the molecule is CC(C)C1CC(NC2CCCCC2C(C)(C)C)CCO1. The van der Waals surface area contributed by atoms with Gasteiger partial charge in [-0.25, -0.2) is 0 Å². The first-order chi connectivity index (χ1) is 9.38. The van der Waals surface area contributed by atoms with Crippen LogP contribution in [0.4, 0.5) is 0 Å².